The van der Waals surface area contributed by atoms with Gasteiger partial charge in [0.1, 0.15) is 0 Å². The summed E-state index contributed by atoms with van der Waals surface area (Å²) in [4.78, 5) is 0. The molecule has 2 heteroatoms. The summed E-state index contributed by atoms with van der Waals surface area (Å²) in [5.74, 6) is 0. The van der Waals surface area contributed by atoms with Crippen molar-refractivity contribution in [3.63, 3.8) is 0 Å². The molecule has 0 N–H and O–H groups in total. The van der Waals surface area contributed by atoms with E-state index in [0.717, 1.165) is 6.54 Å². The Morgan fingerprint density at radius 1 is 1.12 bits per heavy atom. The predicted octanol–water partition coefficient (Wildman–Crippen LogP) is 4.88. The van der Waals surface area contributed by atoms with E-state index in [1.165, 1.54) is 11.3 Å². The molecule has 0 saturated heterocycles. The number of para-hydroxylation sites is 1. The van der Waals surface area contributed by atoms with Crippen molar-refractivity contribution in [2.24, 2.45) is 5.10 Å². The smallest absolute Gasteiger partial charge is 0.0622 e. The molecule has 0 aliphatic rings. The first-order valence-corrected chi connectivity index (χ1v) is 6.61. The van der Waals surface area contributed by atoms with Crippen LogP contribution in [0.15, 0.2) is 29.4 Å². The Kier molecular flexibility index (Phi) is 13.6. The van der Waals surface area contributed by atoms with Crippen molar-refractivity contribution in [1.29, 1.82) is 0 Å². The lowest BCUT2D eigenvalue weighted by Gasteiger charge is -2.18. The molecule has 98 valence electrons. The largest absolute Gasteiger partial charge is 0.266 e. The predicted molar refractivity (Wildman–Crippen MR) is 81.1 cm³/mol. The van der Waals surface area contributed by atoms with E-state index in [0.29, 0.717) is 0 Å². The quantitative estimate of drug-likeness (QED) is 0.539. The van der Waals surface area contributed by atoms with E-state index in [-0.39, 0.29) is 0 Å². The van der Waals surface area contributed by atoms with E-state index in [9.17, 15) is 0 Å². The maximum absolute atomic E-state index is 4.28. The molecule has 0 amide bonds. The Labute approximate surface area is 107 Å². The van der Waals surface area contributed by atoms with Gasteiger partial charge in [0.15, 0.2) is 0 Å². The summed E-state index contributed by atoms with van der Waals surface area (Å²) in [5, 5.41) is 6.28. The highest BCUT2D eigenvalue weighted by atomic mass is 15.4. The second kappa shape index (κ2) is 12.8. The maximum Gasteiger partial charge on any atom is 0.0622 e. The van der Waals surface area contributed by atoms with Crippen LogP contribution in [-0.4, -0.2) is 12.8 Å². The third kappa shape index (κ3) is 6.77. The van der Waals surface area contributed by atoms with Crippen LogP contribution in [0.2, 0.25) is 0 Å². The van der Waals surface area contributed by atoms with E-state index in [2.05, 4.69) is 31.1 Å². The number of anilines is 1. The second-order valence-corrected chi connectivity index (χ2v) is 2.88. The molecule has 1 aromatic rings. The summed E-state index contributed by atoms with van der Waals surface area (Å²) in [7, 11) is 0. The topological polar surface area (TPSA) is 15.6 Å². The van der Waals surface area contributed by atoms with Crippen LogP contribution < -0.4 is 5.01 Å². The molecule has 0 fully saturated rings. The van der Waals surface area contributed by atoms with Crippen LogP contribution in [0.3, 0.4) is 0 Å². The van der Waals surface area contributed by atoms with Crippen LogP contribution in [-0.2, 0) is 0 Å². The lowest BCUT2D eigenvalue weighted by Crippen LogP contribution is -2.16. The minimum atomic E-state index is 0.898. The highest BCUT2D eigenvalue weighted by Crippen LogP contribution is 2.18. The molecule has 1 rings (SSSR count). The number of rotatable bonds is 3. The molecule has 0 aliphatic heterocycles. The molecule has 17 heavy (non-hydrogen) atoms. The van der Waals surface area contributed by atoms with Crippen LogP contribution in [0.5, 0.6) is 0 Å². The first kappa shape index (κ1) is 18.1. The van der Waals surface area contributed by atoms with Crippen LogP contribution in [0, 0.1) is 6.92 Å². The van der Waals surface area contributed by atoms with Gasteiger partial charge < -0.3 is 0 Å². The molecule has 0 bridgehead atoms. The van der Waals surface area contributed by atoms with Gasteiger partial charge in [0.2, 0.25) is 0 Å². The van der Waals surface area contributed by atoms with Gasteiger partial charge in [-0.3, -0.25) is 5.01 Å². The van der Waals surface area contributed by atoms with Gasteiger partial charge in [-0.2, -0.15) is 5.10 Å². The number of benzene rings is 1. The van der Waals surface area contributed by atoms with E-state index >= 15 is 0 Å². The normalized spacial score (nSPS) is 8.88. The Morgan fingerprint density at radius 2 is 1.65 bits per heavy atom. The van der Waals surface area contributed by atoms with Crippen LogP contribution in [0.1, 0.15) is 47.1 Å². The van der Waals surface area contributed by atoms with Crippen molar-refractivity contribution >= 4 is 11.9 Å². The van der Waals surface area contributed by atoms with Gasteiger partial charge >= 0.3 is 0 Å². The van der Waals surface area contributed by atoms with E-state index in [1.807, 2.05) is 58.0 Å². The van der Waals surface area contributed by atoms with Crippen molar-refractivity contribution < 1.29 is 0 Å². The third-order valence-electron chi connectivity index (χ3n) is 1.95. The van der Waals surface area contributed by atoms with E-state index in [4.69, 9.17) is 0 Å². The third-order valence-corrected chi connectivity index (χ3v) is 1.95. The number of hydrogen-bond acceptors (Lipinski definition) is 2. The lowest BCUT2D eigenvalue weighted by atomic mass is 10.2. The Morgan fingerprint density at radius 3 is 2.06 bits per heavy atom. The van der Waals surface area contributed by atoms with Gasteiger partial charge in [-0.25, -0.2) is 0 Å². The molecule has 0 saturated carbocycles. The van der Waals surface area contributed by atoms with Gasteiger partial charge in [-0.15, -0.1) is 0 Å². The Balaban J connectivity index is 0. The molecule has 0 radical (unpaired) electrons. The zero-order valence-electron chi connectivity index (χ0n) is 12.5. The zero-order chi connectivity index (χ0) is 13.7. The summed E-state index contributed by atoms with van der Waals surface area (Å²) in [6.45, 7) is 15.0. The van der Waals surface area contributed by atoms with Crippen molar-refractivity contribution in [3.8, 4) is 0 Å². The summed E-state index contributed by atoms with van der Waals surface area (Å²) < 4.78 is 0. The lowest BCUT2D eigenvalue weighted by molar-refractivity contribution is 0.891. The fraction of sp³-hybridized carbons (Fsp3) is 0.533. The second-order valence-electron chi connectivity index (χ2n) is 2.88. The minimum absolute atomic E-state index is 0.898. The molecule has 0 unspecified atom stereocenters. The van der Waals surface area contributed by atoms with Crippen LogP contribution in [0.4, 0.5) is 5.69 Å². The van der Waals surface area contributed by atoms with Gasteiger partial charge in [0.25, 0.3) is 0 Å². The van der Waals surface area contributed by atoms with Crippen molar-refractivity contribution in [2.75, 3.05) is 11.6 Å². The number of hydrazone groups is 1. The summed E-state index contributed by atoms with van der Waals surface area (Å²) in [6.07, 6.45) is 1.82. The summed E-state index contributed by atoms with van der Waals surface area (Å²) in [6, 6.07) is 8.27. The average molecular weight is 236 g/mol. The zero-order valence-corrected chi connectivity index (χ0v) is 12.5. The molecule has 0 atom stereocenters. The molecule has 0 heterocycles. The first-order chi connectivity index (χ1) is 8.29. The van der Waals surface area contributed by atoms with Crippen molar-refractivity contribution in [2.45, 2.75) is 48.5 Å². The standard InChI is InChI=1S/C11H16N2.2C2H6/c1-4-12-13(5-2)11-9-7-6-8-10(11)3;2*1-2/h4,6-9H,5H2,1-3H3;2*1-2H3/b12-4-;;. The molecular weight excluding hydrogens is 208 g/mol. The number of aryl methyl sites for hydroxylation is 1. The average Bonchev–Trinajstić information content (AvgIpc) is 2.42. The van der Waals surface area contributed by atoms with E-state index in [1.54, 1.807) is 0 Å². The van der Waals surface area contributed by atoms with Gasteiger partial charge in [0, 0.05) is 12.8 Å². The van der Waals surface area contributed by atoms with Crippen LogP contribution >= 0.6 is 0 Å². The Hall–Kier alpha value is -1.31. The van der Waals surface area contributed by atoms with Gasteiger partial charge in [-0.05, 0) is 32.4 Å². The molecule has 0 aliphatic carbocycles. The fourth-order valence-corrected chi connectivity index (χ4v) is 1.31. The maximum atomic E-state index is 4.28. The van der Waals surface area contributed by atoms with Gasteiger partial charge in [0.05, 0.1) is 5.69 Å². The highest BCUT2D eigenvalue weighted by Gasteiger charge is 2.02. The number of hydrogen-bond donors (Lipinski definition) is 0. The summed E-state index contributed by atoms with van der Waals surface area (Å²) >= 11 is 0. The molecule has 1 aromatic carbocycles. The fourth-order valence-electron chi connectivity index (χ4n) is 1.31. The highest BCUT2D eigenvalue weighted by molar-refractivity contribution is 5.59. The molecule has 2 nitrogen and oxygen atoms in total. The van der Waals surface area contributed by atoms with Crippen LogP contribution in [0.25, 0.3) is 0 Å². The van der Waals surface area contributed by atoms with Crippen molar-refractivity contribution in [3.05, 3.63) is 29.8 Å². The van der Waals surface area contributed by atoms with Crippen molar-refractivity contribution in [1.82, 2.24) is 0 Å². The minimum Gasteiger partial charge on any atom is -0.266 e. The SMILES string of the molecule is C/C=N\N(CC)c1ccccc1C.CC.CC. The first-order valence-electron chi connectivity index (χ1n) is 6.61. The summed E-state index contributed by atoms with van der Waals surface area (Å²) in [5.41, 5.74) is 2.44. The molecule has 0 aromatic heterocycles. The Bertz CT molecular complexity index is 293. The molecular formula is C15H28N2. The number of nitrogens with zero attached hydrogens (tertiary/aromatic N) is 2. The molecule has 0 spiro atoms. The van der Waals surface area contributed by atoms with Gasteiger partial charge in [-0.1, -0.05) is 45.9 Å². The monoisotopic (exact) mass is 236 g/mol. The van der Waals surface area contributed by atoms with E-state index < -0.39 is 0 Å².